The van der Waals surface area contributed by atoms with E-state index in [2.05, 4.69) is 10.3 Å². The fourth-order valence-electron chi connectivity index (χ4n) is 5.80. The van der Waals surface area contributed by atoms with Gasteiger partial charge in [-0.25, -0.2) is 9.19 Å². The number of hydrogen-bond acceptors (Lipinski definition) is 14. The lowest BCUT2D eigenvalue weighted by Gasteiger charge is -2.18. The zero-order chi connectivity index (χ0) is 39.9. The van der Waals surface area contributed by atoms with Gasteiger partial charge in [0.15, 0.2) is 5.43 Å². The number of aromatic nitrogens is 1. The number of anilines is 3. The molecule has 0 fully saturated rings. The molecule has 0 aromatic heterocycles. The summed E-state index contributed by atoms with van der Waals surface area (Å²) < 4.78 is 161. The Hall–Kier alpha value is -5.22. The number of hydrogen-bond donors (Lipinski definition) is 8. The van der Waals surface area contributed by atoms with E-state index in [9.17, 15) is 75.3 Å². The van der Waals surface area contributed by atoms with Crippen molar-refractivity contribution in [2.75, 3.05) is 10.0 Å². The second-order valence-electron chi connectivity index (χ2n) is 11.2. The molecular formula is C29H19N3O17S5. The highest BCUT2D eigenvalue weighted by atomic mass is 32.2. The summed E-state index contributed by atoms with van der Waals surface area (Å²) >= 11 is -3.08. The van der Waals surface area contributed by atoms with Crippen LogP contribution in [-0.2, 0) is 51.7 Å². The summed E-state index contributed by atoms with van der Waals surface area (Å²) in [5.74, 6) is -0.987. The van der Waals surface area contributed by atoms with Gasteiger partial charge in [0.25, 0.3) is 57.3 Å². The van der Waals surface area contributed by atoms with Crippen LogP contribution >= 0.6 is 0 Å². The molecule has 0 saturated carbocycles. The first-order valence-electron chi connectivity index (χ1n) is 14.1. The van der Waals surface area contributed by atoms with E-state index in [4.69, 9.17) is 0 Å². The fourth-order valence-corrected chi connectivity index (χ4v) is 8.79. The fraction of sp³-hybridized carbons (Fsp3) is 0. The van der Waals surface area contributed by atoms with Crippen LogP contribution in [0.3, 0.4) is 0 Å². The third-order valence-electron chi connectivity index (χ3n) is 7.88. The topological polar surface area (TPSA) is 346 Å². The standard InChI is InChI=1S/C29H19N3O17S5/c33-27(12-4-3-5-13(8-12)51(38,39)40)25-22-14-6-1-2-7-15(14)28(34)23-18(10-21(54(47,48)49)26(24(22)23)31-29(25)35)30-16-9-17(32-50(36)37)20(53(44,45)46)11-19(16)52(41,42)43/h1-11,30,32-33H,(H,36,37)(H,38,39,40)(H,41,42,43)(H,44,45,46)(H,47,48,49). The summed E-state index contributed by atoms with van der Waals surface area (Å²) in [5, 5.41) is 11.1. The van der Waals surface area contributed by atoms with Crippen LogP contribution in [0.15, 0.2) is 95.9 Å². The Morgan fingerprint density at radius 3 is 1.81 bits per heavy atom. The molecule has 6 rings (SSSR count). The minimum absolute atomic E-state index is 0.126. The summed E-state index contributed by atoms with van der Waals surface area (Å²) in [4.78, 5) is 27.1. The molecule has 0 radical (unpaired) electrons. The molecule has 1 atom stereocenters. The summed E-state index contributed by atoms with van der Waals surface area (Å²) in [6.45, 7) is 0. The SMILES string of the molecule is O=c1nc2c(S(=O)(=O)O)cc(Nc3cc(NS(=O)O)c(S(=O)(=O)O)cc3S(=O)(=O)O)c3c2=c(c1=C(O)c1cccc(S(=O)(=O)O)c1)c1ccccc1c3=O. The maximum atomic E-state index is 14.3. The molecule has 1 unspecified atom stereocenters. The Morgan fingerprint density at radius 2 is 1.24 bits per heavy atom. The Labute approximate surface area is 303 Å². The van der Waals surface area contributed by atoms with Gasteiger partial charge < -0.3 is 10.4 Å². The lowest BCUT2D eigenvalue weighted by Crippen LogP contribution is -2.33. The smallest absolute Gasteiger partial charge is 0.296 e. The molecule has 8 N–H and O–H groups in total. The predicted octanol–water partition coefficient (Wildman–Crippen LogP) is 0.983. The van der Waals surface area contributed by atoms with Gasteiger partial charge in [-0.1, -0.05) is 36.4 Å². The van der Waals surface area contributed by atoms with Crippen molar-refractivity contribution in [1.29, 1.82) is 0 Å². The molecule has 1 aliphatic carbocycles. The van der Waals surface area contributed by atoms with Crippen LogP contribution in [-0.4, -0.2) is 70.7 Å². The Kier molecular flexibility index (Phi) is 9.25. The summed E-state index contributed by atoms with van der Waals surface area (Å²) in [6.07, 6.45) is 0. The molecule has 54 heavy (non-hydrogen) atoms. The lowest BCUT2D eigenvalue weighted by atomic mass is 9.96. The number of aliphatic hydroxyl groups is 1. The van der Waals surface area contributed by atoms with Crippen LogP contribution in [0.2, 0.25) is 0 Å². The van der Waals surface area contributed by atoms with Gasteiger partial charge in [-0.3, -0.25) is 37.1 Å². The molecule has 20 nitrogen and oxygen atoms in total. The molecule has 4 aromatic rings. The van der Waals surface area contributed by atoms with Crippen molar-refractivity contribution < 1.29 is 65.8 Å². The Morgan fingerprint density at radius 1 is 0.648 bits per heavy atom. The van der Waals surface area contributed by atoms with E-state index >= 15 is 0 Å². The maximum absolute atomic E-state index is 14.3. The largest absolute Gasteiger partial charge is 0.506 e. The molecule has 1 heterocycles. The van der Waals surface area contributed by atoms with Gasteiger partial charge in [-0.15, -0.1) is 0 Å². The van der Waals surface area contributed by atoms with Crippen molar-refractivity contribution in [2.24, 2.45) is 0 Å². The first-order valence-corrected chi connectivity index (χ1v) is 21.0. The van der Waals surface area contributed by atoms with Gasteiger partial charge in [-0.2, -0.15) is 33.7 Å². The normalized spacial score (nSPS) is 14.0. The molecule has 0 amide bonds. The van der Waals surface area contributed by atoms with Crippen molar-refractivity contribution in [3.05, 3.63) is 109 Å². The number of fused-ring (bicyclic) bond motifs is 2. The molecule has 0 bridgehead atoms. The molecular weight excluding hydrogens is 823 g/mol. The molecule has 282 valence electrons. The maximum Gasteiger partial charge on any atom is 0.296 e. The number of nitrogens with one attached hydrogen (secondary N) is 2. The highest BCUT2D eigenvalue weighted by Crippen LogP contribution is 2.37. The van der Waals surface area contributed by atoms with E-state index in [-0.39, 0.29) is 16.8 Å². The van der Waals surface area contributed by atoms with E-state index in [0.29, 0.717) is 12.1 Å². The van der Waals surface area contributed by atoms with Crippen molar-refractivity contribution in [3.63, 3.8) is 0 Å². The zero-order valence-electron chi connectivity index (χ0n) is 26.0. The second kappa shape index (κ2) is 13.0. The molecule has 4 aromatic carbocycles. The molecule has 0 spiro atoms. The average Bonchev–Trinajstić information content (AvgIpc) is 3.04. The minimum Gasteiger partial charge on any atom is -0.506 e. The first-order chi connectivity index (χ1) is 24.9. The van der Waals surface area contributed by atoms with E-state index in [1.165, 1.54) is 24.3 Å². The van der Waals surface area contributed by atoms with Crippen LogP contribution in [0.4, 0.5) is 17.1 Å². The molecule has 1 aliphatic heterocycles. The van der Waals surface area contributed by atoms with Crippen molar-refractivity contribution in [1.82, 2.24) is 4.98 Å². The summed E-state index contributed by atoms with van der Waals surface area (Å²) in [6, 6.07) is 10.4. The molecule has 2 aliphatic rings. The first kappa shape index (κ1) is 38.5. The molecule has 25 heteroatoms. The average molecular weight is 842 g/mol. The van der Waals surface area contributed by atoms with Crippen molar-refractivity contribution in [3.8, 4) is 0 Å². The van der Waals surface area contributed by atoms with Crippen LogP contribution in [0.1, 0.15) is 5.56 Å². The number of benzene rings is 4. The van der Waals surface area contributed by atoms with Gasteiger partial charge in [-0.05, 0) is 35.7 Å². The van der Waals surface area contributed by atoms with Gasteiger partial charge in [0, 0.05) is 21.4 Å². The van der Waals surface area contributed by atoms with Gasteiger partial charge in [0.05, 0.1) is 38.1 Å². The van der Waals surface area contributed by atoms with Gasteiger partial charge >= 0.3 is 0 Å². The van der Waals surface area contributed by atoms with E-state index < -0.39 is 137 Å². The predicted molar refractivity (Wildman–Crippen MR) is 188 cm³/mol. The third-order valence-corrected chi connectivity index (χ3v) is 11.8. The van der Waals surface area contributed by atoms with Crippen LogP contribution < -0.4 is 26.2 Å². The number of rotatable bonds is 9. The number of aliphatic hydroxyl groups excluding tert-OH is 1. The van der Waals surface area contributed by atoms with Crippen LogP contribution in [0.5, 0.6) is 0 Å². The minimum atomic E-state index is -5.51. The van der Waals surface area contributed by atoms with Gasteiger partial charge in [0.1, 0.15) is 20.4 Å². The molecule has 0 saturated heterocycles. The second-order valence-corrected chi connectivity index (χ2v) is 17.5. The zero-order valence-corrected chi connectivity index (χ0v) is 30.1. The van der Waals surface area contributed by atoms with Gasteiger partial charge in [0.2, 0.25) is 0 Å². The van der Waals surface area contributed by atoms with E-state index in [1.54, 1.807) is 4.72 Å². The lowest BCUT2D eigenvalue weighted by molar-refractivity contribution is 0.478. The summed E-state index contributed by atoms with van der Waals surface area (Å²) in [5.41, 5.74) is -6.21. The van der Waals surface area contributed by atoms with Crippen molar-refractivity contribution in [2.45, 2.75) is 19.6 Å². The Balaban J connectivity index is 1.90. The highest BCUT2D eigenvalue weighted by molar-refractivity contribution is 7.87. The van der Waals surface area contributed by atoms with E-state index in [1.807, 2.05) is 0 Å². The van der Waals surface area contributed by atoms with Crippen LogP contribution in [0.25, 0.3) is 27.4 Å². The van der Waals surface area contributed by atoms with E-state index in [0.717, 1.165) is 24.3 Å². The monoisotopic (exact) mass is 841 g/mol. The highest BCUT2D eigenvalue weighted by Gasteiger charge is 2.29. The van der Waals surface area contributed by atoms with Crippen LogP contribution in [0, 0.1) is 10.4 Å². The quantitative estimate of drug-likeness (QED) is 0.0743. The number of nitrogens with zero attached hydrogens (tertiary/aromatic N) is 1. The Bertz CT molecular complexity index is 3360. The van der Waals surface area contributed by atoms with Crippen molar-refractivity contribution >= 4 is 96.2 Å². The third kappa shape index (κ3) is 6.83. The summed E-state index contributed by atoms with van der Waals surface area (Å²) in [7, 11) is -21.2.